The van der Waals surface area contributed by atoms with E-state index in [0.717, 1.165) is 29.8 Å². The van der Waals surface area contributed by atoms with Gasteiger partial charge >= 0.3 is 0 Å². The first kappa shape index (κ1) is 18.2. The lowest BCUT2D eigenvalue weighted by atomic mass is 9.53. The topological polar surface area (TPSA) is 94.9 Å². The molecule has 4 heterocycles. The van der Waals surface area contributed by atoms with Gasteiger partial charge in [0.05, 0.1) is 24.0 Å². The van der Waals surface area contributed by atoms with E-state index >= 15 is 0 Å². The number of aliphatic hydroxyl groups is 1. The van der Waals surface area contributed by atoms with Crippen LogP contribution < -0.4 is 10.1 Å². The number of ether oxygens (including phenoxy) is 1. The Kier molecular flexibility index (Phi) is 3.74. The molecule has 7 nitrogen and oxygen atoms in total. The van der Waals surface area contributed by atoms with E-state index in [9.17, 15) is 15.0 Å². The number of aromatic hydroxyl groups is 1. The van der Waals surface area contributed by atoms with Crippen molar-refractivity contribution in [3.63, 3.8) is 0 Å². The standard InChI is InChI=1S/C23H25N3O4/c27-16-5-4-14-11-17-23(29)7-10-26(19(28)12-15-3-1-2-8-24-15)13-18-22(23,6-9-25-17)20(14)21(16)30-18/h1-5,8,17-18,25,27,29H,6-7,9-13H2/t17?,18-,22?,23?/m0/s1. The average Bonchev–Trinajstić information content (AvgIpc) is 2.98. The molecule has 30 heavy (non-hydrogen) atoms. The lowest BCUT2D eigenvalue weighted by Gasteiger charge is -2.57. The number of hydrogen-bond acceptors (Lipinski definition) is 6. The number of aromatic nitrogens is 1. The number of nitrogens with one attached hydrogen (secondary N) is 1. The summed E-state index contributed by atoms with van der Waals surface area (Å²) in [5, 5.41) is 26.1. The number of rotatable bonds is 2. The summed E-state index contributed by atoms with van der Waals surface area (Å²) < 4.78 is 6.34. The van der Waals surface area contributed by atoms with Crippen molar-refractivity contribution in [1.82, 2.24) is 15.2 Å². The molecule has 2 saturated heterocycles. The van der Waals surface area contributed by atoms with Crippen LogP contribution in [-0.2, 0) is 23.1 Å². The van der Waals surface area contributed by atoms with E-state index in [-0.39, 0.29) is 30.2 Å². The Labute approximate surface area is 174 Å². The Morgan fingerprint density at radius 1 is 1.30 bits per heavy atom. The maximum Gasteiger partial charge on any atom is 0.228 e. The Balaban J connectivity index is 1.41. The molecule has 156 valence electrons. The highest BCUT2D eigenvalue weighted by atomic mass is 16.5. The average molecular weight is 407 g/mol. The summed E-state index contributed by atoms with van der Waals surface area (Å²) in [7, 11) is 0. The van der Waals surface area contributed by atoms with Crippen LogP contribution in [0.25, 0.3) is 0 Å². The molecule has 3 unspecified atom stereocenters. The highest BCUT2D eigenvalue weighted by Gasteiger charge is 2.69. The second-order valence-corrected chi connectivity index (χ2v) is 9.00. The number of hydrogen-bond donors (Lipinski definition) is 3. The van der Waals surface area contributed by atoms with Gasteiger partial charge in [0.15, 0.2) is 11.5 Å². The Morgan fingerprint density at radius 3 is 3.03 bits per heavy atom. The number of amides is 1. The molecule has 1 aliphatic carbocycles. The van der Waals surface area contributed by atoms with Gasteiger partial charge in [0.2, 0.25) is 5.91 Å². The highest BCUT2D eigenvalue weighted by Crippen LogP contribution is 2.62. The fraction of sp³-hybridized carbons (Fsp3) is 0.478. The molecule has 0 radical (unpaired) electrons. The minimum Gasteiger partial charge on any atom is -0.504 e. The Hall–Kier alpha value is -2.64. The first-order valence-electron chi connectivity index (χ1n) is 10.7. The summed E-state index contributed by atoms with van der Waals surface area (Å²) in [4.78, 5) is 19.2. The minimum absolute atomic E-state index is 0.0149. The van der Waals surface area contributed by atoms with Gasteiger partial charge in [-0.15, -0.1) is 0 Å². The predicted octanol–water partition coefficient (Wildman–Crippen LogP) is 0.910. The van der Waals surface area contributed by atoms with Crippen molar-refractivity contribution in [2.45, 2.75) is 48.8 Å². The van der Waals surface area contributed by atoms with E-state index in [1.54, 1.807) is 12.3 Å². The van der Waals surface area contributed by atoms with Gasteiger partial charge in [0, 0.05) is 30.0 Å². The molecule has 4 atom stereocenters. The summed E-state index contributed by atoms with van der Waals surface area (Å²) in [6.45, 7) is 1.66. The van der Waals surface area contributed by atoms with Crippen LogP contribution in [0.5, 0.6) is 11.5 Å². The van der Waals surface area contributed by atoms with E-state index in [4.69, 9.17) is 4.74 Å². The van der Waals surface area contributed by atoms with Crippen molar-refractivity contribution in [3.8, 4) is 11.5 Å². The van der Waals surface area contributed by atoms with Gasteiger partial charge in [-0.2, -0.15) is 0 Å². The van der Waals surface area contributed by atoms with E-state index in [1.807, 2.05) is 29.2 Å². The zero-order valence-corrected chi connectivity index (χ0v) is 16.7. The molecule has 7 heteroatoms. The van der Waals surface area contributed by atoms with Gasteiger partial charge in [-0.3, -0.25) is 9.78 Å². The molecule has 0 saturated carbocycles. The fourth-order valence-electron chi connectivity index (χ4n) is 6.36. The summed E-state index contributed by atoms with van der Waals surface area (Å²) >= 11 is 0. The summed E-state index contributed by atoms with van der Waals surface area (Å²) in [6.07, 6.45) is 3.42. The number of nitrogens with zero attached hydrogens (tertiary/aromatic N) is 2. The molecule has 2 aromatic rings. The summed E-state index contributed by atoms with van der Waals surface area (Å²) in [6, 6.07) is 9.11. The molecule has 3 N–H and O–H groups in total. The quantitative estimate of drug-likeness (QED) is 0.685. The maximum absolute atomic E-state index is 13.1. The SMILES string of the molecule is O=C(Cc1ccccn1)N1CCC2(O)C3Cc4ccc(O)c5c4C2(CCN3)[C@H](C1)O5. The zero-order valence-electron chi connectivity index (χ0n) is 16.7. The lowest BCUT2D eigenvalue weighted by molar-refractivity contribution is -0.131. The normalized spacial score (nSPS) is 33.4. The van der Waals surface area contributed by atoms with Crippen LogP contribution in [0.1, 0.15) is 29.7 Å². The van der Waals surface area contributed by atoms with Crippen LogP contribution in [0.3, 0.4) is 0 Å². The molecular formula is C23H25N3O4. The maximum atomic E-state index is 13.1. The van der Waals surface area contributed by atoms with E-state index in [0.29, 0.717) is 31.7 Å². The van der Waals surface area contributed by atoms with Crippen molar-refractivity contribution < 1.29 is 19.7 Å². The monoisotopic (exact) mass is 407 g/mol. The summed E-state index contributed by atoms with van der Waals surface area (Å²) in [5.74, 6) is 0.594. The molecule has 1 amide bonds. The lowest BCUT2D eigenvalue weighted by Crippen LogP contribution is -2.73. The molecule has 1 aromatic carbocycles. The second-order valence-electron chi connectivity index (χ2n) is 9.00. The number of likely N-dealkylation sites (tertiary alicyclic amines) is 1. The van der Waals surface area contributed by atoms with Crippen LogP contribution >= 0.6 is 0 Å². The van der Waals surface area contributed by atoms with E-state index in [2.05, 4.69) is 10.3 Å². The molecule has 3 aliphatic heterocycles. The third-order valence-electron chi connectivity index (χ3n) is 7.72. The number of benzene rings is 1. The Morgan fingerprint density at radius 2 is 2.20 bits per heavy atom. The van der Waals surface area contributed by atoms with E-state index < -0.39 is 11.0 Å². The van der Waals surface area contributed by atoms with Gasteiger partial charge < -0.3 is 25.2 Å². The smallest absolute Gasteiger partial charge is 0.228 e. The van der Waals surface area contributed by atoms with Crippen molar-refractivity contribution in [2.24, 2.45) is 0 Å². The van der Waals surface area contributed by atoms with Gasteiger partial charge in [-0.05, 0) is 49.6 Å². The van der Waals surface area contributed by atoms with Crippen LogP contribution in [0.15, 0.2) is 36.5 Å². The number of carbonyl (C=O) groups is 1. The number of pyridine rings is 1. The fourth-order valence-corrected chi connectivity index (χ4v) is 6.36. The molecule has 1 aromatic heterocycles. The summed E-state index contributed by atoms with van der Waals surface area (Å²) in [5.41, 5.74) is 1.19. The molecule has 2 fully saturated rings. The Bertz CT molecular complexity index is 1030. The number of piperidine rings is 1. The van der Waals surface area contributed by atoms with Gasteiger partial charge in [0.25, 0.3) is 0 Å². The predicted molar refractivity (Wildman–Crippen MR) is 108 cm³/mol. The first-order valence-corrected chi connectivity index (χ1v) is 10.7. The third kappa shape index (κ3) is 2.22. The van der Waals surface area contributed by atoms with Gasteiger partial charge in [0.1, 0.15) is 6.10 Å². The zero-order chi connectivity index (χ0) is 20.5. The molecule has 4 aliphatic rings. The van der Waals surface area contributed by atoms with Crippen LogP contribution in [-0.4, -0.2) is 63.4 Å². The highest BCUT2D eigenvalue weighted by molar-refractivity contribution is 5.78. The van der Waals surface area contributed by atoms with Crippen LogP contribution in [0.2, 0.25) is 0 Å². The third-order valence-corrected chi connectivity index (χ3v) is 7.72. The number of phenolic OH excluding ortho intramolecular Hbond substituents is 1. The largest absolute Gasteiger partial charge is 0.504 e. The molecule has 6 rings (SSSR count). The number of carbonyl (C=O) groups excluding carboxylic acids is 1. The molecule has 1 spiro atoms. The number of phenols is 1. The van der Waals surface area contributed by atoms with Crippen molar-refractivity contribution >= 4 is 5.91 Å². The van der Waals surface area contributed by atoms with Crippen molar-refractivity contribution in [1.29, 1.82) is 0 Å². The minimum atomic E-state index is -1.03. The first-order chi connectivity index (χ1) is 14.5. The molecule has 2 bridgehead atoms. The van der Waals surface area contributed by atoms with Crippen molar-refractivity contribution in [2.75, 3.05) is 19.6 Å². The van der Waals surface area contributed by atoms with Crippen molar-refractivity contribution in [3.05, 3.63) is 53.3 Å². The van der Waals surface area contributed by atoms with Crippen LogP contribution in [0, 0.1) is 0 Å². The van der Waals surface area contributed by atoms with E-state index in [1.165, 1.54) is 0 Å². The second kappa shape index (κ2) is 6.18. The van der Waals surface area contributed by atoms with Gasteiger partial charge in [-0.1, -0.05) is 12.1 Å². The van der Waals surface area contributed by atoms with Gasteiger partial charge in [-0.25, -0.2) is 0 Å². The van der Waals surface area contributed by atoms with Crippen LogP contribution in [0.4, 0.5) is 0 Å². The molecular weight excluding hydrogens is 382 g/mol.